The van der Waals surface area contributed by atoms with Gasteiger partial charge < -0.3 is 4.57 Å². The molecule has 1 aromatic rings. The van der Waals surface area contributed by atoms with Crippen molar-refractivity contribution in [1.82, 2.24) is 4.57 Å². The van der Waals surface area contributed by atoms with Crippen LogP contribution in [0, 0.1) is 0 Å². The molecule has 0 bridgehead atoms. The van der Waals surface area contributed by atoms with Gasteiger partial charge in [0.1, 0.15) is 0 Å². The molecule has 70 valence electrons. The van der Waals surface area contributed by atoms with E-state index in [9.17, 15) is 4.79 Å². The van der Waals surface area contributed by atoms with Gasteiger partial charge in [0.2, 0.25) is 0 Å². The minimum Gasteiger partial charge on any atom is -0.310 e. The molecule has 0 fully saturated rings. The van der Waals surface area contributed by atoms with Gasteiger partial charge in [-0.25, -0.2) is 0 Å². The SMILES string of the molecule is O=c1c(Br)cc(Br)cn1C/C=C/Cl. The van der Waals surface area contributed by atoms with Gasteiger partial charge in [-0.3, -0.25) is 4.79 Å². The number of aromatic nitrogens is 1. The van der Waals surface area contributed by atoms with E-state index in [0.717, 1.165) is 4.47 Å². The number of pyridine rings is 1. The number of rotatable bonds is 2. The standard InChI is InChI=1S/C8H6Br2ClNO/c9-6-4-7(10)8(13)12(5-6)3-1-2-11/h1-2,4-5H,3H2/b2-1+. The van der Waals surface area contributed by atoms with Crippen molar-refractivity contribution in [3.8, 4) is 0 Å². The van der Waals surface area contributed by atoms with E-state index in [4.69, 9.17) is 11.6 Å². The maximum Gasteiger partial charge on any atom is 0.265 e. The molecule has 0 saturated carbocycles. The number of nitrogens with zero attached hydrogens (tertiary/aromatic N) is 1. The Bertz CT molecular complexity index is 386. The molecule has 0 atom stereocenters. The second kappa shape index (κ2) is 4.98. The van der Waals surface area contributed by atoms with Crippen LogP contribution in [0.5, 0.6) is 0 Å². The molecule has 1 aromatic heterocycles. The number of allylic oxidation sites excluding steroid dienone is 1. The second-order valence-corrected chi connectivity index (χ2v) is 4.35. The Hall–Kier alpha value is -0.0600. The van der Waals surface area contributed by atoms with Crippen LogP contribution in [0.15, 0.2) is 37.6 Å². The average molecular weight is 327 g/mol. The summed E-state index contributed by atoms with van der Waals surface area (Å²) in [5.41, 5.74) is 1.32. The van der Waals surface area contributed by atoms with Crippen LogP contribution in [0.25, 0.3) is 0 Å². The van der Waals surface area contributed by atoms with Crippen LogP contribution in [-0.2, 0) is 6.54 Å². The summed E-state index contributed by atoms with van der Waals surface area (Å²) in [7, 11) is 0. The minimum atomic E-state index is -0.0713. The van der Waals surface area contributed by atoms with Crippen molar-refractivity contribution in [2.75, 3.05) is 0 Å². The van der Waals surface area contributed by atoms with E-state index in [-0.39, 0.29) is 5.56 Å². The van der Waals surface area contributed by atoms with Gasteiger partial charge in [-0.2, -0.15) is 0 Å². The average Bonchev–Trinajstić information content (AvgIpc) is 2.09. The molecule has 0 saturated heterocycles. The summed E-state index contributed by atoms with van der Waals surface area (Å²) < 4.78 is 2.93. The molecule has 1 heterocycles. The summed E-state index contributed by atoms with van der Waals surface area (Å²) in [5.74, 6) is 0. The van der Waals surface area contributed by atoms with E-state index in [1.165, 1.54) is 5.54 Å². The van der Waals surface area contributed by atoms with Crippen molar-refractivity contribution in [2.24, 2.45) is 0 Å². The molecule has 0 unspecified atom stereocenters. The lowest BCUT2D eigenvalue weighted by molar-refractivity contribution is 0.771. The Morgan fingerprint density at radius 3 is 2.85 bits per heavy atom. The van der Waals surface area contributed by atoms with Gasteiger partial charge in [0, 0.05) is 22.7 Å². The first-order valence-corrected chi connectivity index (χ1v) is 5.48. The number of hydrogen-bond acceptors (Lipinski definition) is 1. The highest BCUT2D eigenvalue weighted by Crippen LogP contribution is 2.12. The Morgan fingerprint density at radius 1 is 1.54 bits per heavy atom. The van der Waals surface area contributed by atoms with Crippen molar-refractivity contribution in [3.05, 3.63) is 43.2 Å². The summed E-state index contributed by atoms with van der Waals surface area (Å²) in [4.78, 5) is 11.4. The van der Waals surface area contributed by atoms with Gasteiger partial charge in [0.25, 0.3) is 5.56 Å². The van der Waals surface area contributed by atoms with Crippen molar-refractivity contribution in [3.63, 3.8) is 0 Å². The summed E-state index contributed by atoms with van der Waals surface area (Å²) in [6.07, 6.45) is 3.41. The van der Waals surface area contributed by atoms with Crippen molar-refractivity contribution < 1.29 is 0 Å². The fraction of sp³-hybridized carbons (Fsp3) is 0.125. The molecule has 13 heavy (non-hydrogen) atoms. The van der Waals surface area contributed by atoms with Gasteiger partial charge in [-0.15, -0.1) is 0 Å². The molecular weight excluding hydrogens is 321 g/mol. The van der Waals surface area contributed by atoms with E-state index < -0.39 is 0 Å². The zero-order chi connectivity index (χ0) is 9.84. The zero-order valence-corrected chi connectivity index (χ0v) is 10.4. The fourth-order valence-electron chi connectivity index (χ4n) is 0.854. The third kappa shape index (κ3) is 2.97. The summed E-state index contributed by atoms with van der Waals surface area (Å²) in [6.45, 7) is 0.473. The molecule has 1 rings (SSSR count). The van der Waals surface area contributed by atoms with Gasteiger partial charge in [0.05, 0.1) is 4.47 Å². The lowest BCUT2D eigenvalue weighted by atomic mass is 10.4. The van der Waals surface area contributed by atoms with E-state index in [0.29, 0.717) is 11.0 Å². The first kappa shape index (κ1) is 11.0. The monoisotopic (exact) mass is 325 g/mol. The van der Waals surface area contributed by atoms with Crippen LogP contribution >= 0.6 is 43.5 Å². The van der Waals surface area contributed by atoms with Crippen LogP contribution < -0.4 is 5.56 Å². The molecule has 0 aliphatic rings. The molecule has 0 aromatic carbocycles. The van der Waals surface area contributed by atoms with E-state index >= 15 is 0 Å². The molecule has 0 N–H and O–H groups in total. The molecule has 0 amide bonds. The van der Waals surface area contributed by atoms with Gasteiger partial charge in [-0.05, 0) is 37.9 Å². The third-order valence-electron chi connectivity index (χ3n) is 1.40. The molecule has 2 nitrogen and oxygen atoms in total. The van der Waals surface area contributed by atoms with Crippen LogP contribution in [0.4, 0.5) is 0 Å². The largest absolute Gasteiger partial charge is 0.310 e. The van der Waals surface area contributed by atoms with E-state index in [2.05, 4.69) is 31.9 Å². The summed E-state index contributed by atoms with van der Waals surface area (Å²) in [6, 6.07) is 1.71. The van der Waals surface area contributed by atoms with Crippen molar-refractivity contribution in [1.29, 1.82) is 0 Å². The molecule has 5 heteroatoms. The normalized spacial score (nSPS) is 11.0. The fourth-order valence-corrected chi connectivity index (χ4v) is 2.19. The van der Waals surface area contributed by atoms with Crippen LogP contribution in [0.2, 0.25) is 0 Å². The Balaban J connectivity index is 3.13. The van der Waals surface area contributed by atoms with E-state index in [1.807, 2.05) is 0 Å². The van der Waals surface area contributed by atoms with Gasteiger partial charge in [0.15, 0.2) is 0 Å². The van der Waals surface area contributed by atoms with Crippen molar-refractivity contribution in [2.45, 2.75) is 6.54 Å². The van der Waals surface area contributed by atoms with Crippen LogP contribution in [-0.4, -0.2) is 4.57 Å². The van der Waals surface area contributed by atoms with Gasteiger partial charge in [-0.1, -0.05) is 17.7 Å². The molecule has 0 aliphatic heterocycles. The number of halogens is 3. The summed E-state index contributed by atoms with van der Waals surface area (Å²) in [5, 5.41) is 0. The van der Waals surface area contributed by atoms with Crippen molar-refractivity contribution >= 4 is 43.5 Å². The third-order valence-corrected chi connectivity index (χ3v) is 2.58. The van der Waals surface area contributed by atoms with Gasteiger partial charge >= 0.3 is 0 Å². The topological polar surface area (TPSA) is 22.0 Å². The predicted octanol–water partition coefficient (Wildman–Crippen LogP) is 3.13. The first-order valence-electron chi connectivity index (χ1n) is 3.46. The van der Waals surface area contributed by atoms with Crippen LogP contribution in [0.1, 0.15) is 0 Å². The molecule has 0 spiro atoms. The predicted molar refractivity (Wildman–Crippen MR) is 61.1 cm³/mol. The first-order chi connectivity index (χ1) is 6.15. The Labute approximate surface area is 97.5 Å². The smallest absolute Gasteiger partial charge is 0.265 e. The maximum atomic E-state index is 11.4. The Morgan fingerprint density at radius 2 is 2.23 bits per heavy atom. The lowest BCUT2D eigenvalue weighted by Gasteiger charge is -2.02. The van der Waals surface area contributed by atoms with E-state index in [1.54, 1.807) is 22.9 Å². The second-order valence-electron chi connectivity index (χ2n) is 2.33. The molecule has 0 aliphatic carbocycles. The lowest BCUT2D eigenvalue weighted by Crippen LogP contribution is -2.19. The highest BCUT2D eigenvalue weighted by molar-refractivity contribution is 9.11. The number of hydrogen-bond donors (Lipinski definition) is 0. The summed E-state index contributed by atoms with van der Waals surface area (Å²) >= 11 is 11.8. The minimum absolute atomic E-state index is 0.0713. The quantitative estimate of drug-likeness (QED) is 0.818. The molecule has 0 radical (unpaired) electrons. The van der Waals surface area contributed by atoms with Crippen LogP contribution in [0.3, 0.4) is 0 Å². The maximum absolute atomic E-state index is 11.4. The Kier molecular flexibility index (Phi) is 4.22. The molecular formula is C8H6Br2ClNO. The highest BCUT2D eigenvalue weighted by atomic mass is 79.9. The zero-order valence-electron chi connectivity index (χ0n) is 6.51. The highest BCUT2D eigenvalue weighted by Gasteiger charge is 2.00.